The molecule has 11 rings (SSSR count). The van der Waals surface area contributed by atoms with Gasteiger partial charge in [-0.3, -0.25) is 0 Å². The molecule has 0 atom stereocenters. The van der Waals surface area contributed by atoms with Crippen molar-refractivity contribution in [2.24, 2.45) is 0 Å². The fourth-order valence-electron chi connectivity index (χ4n) is 8.97. The first-order chi connectivity index (χ1) is 24.3. The lowest BCUT2D eigenvalue weighted by Crippen LogP contribution is -2.25. The quantitative estimate of drug-likeness (QED) is 0.203. The molecule has 1 N–H and O–H groups in total. The van der Waals surface area contributed by atoms with Crippen molar-refractivity contribution in [3.8, 4) is 33.4 Å². The largest absolute Gasteiger partial charge is 0.354 e. The molecule has 1 heterocycles. The van der Waals surface area contributed by atoms with Crippen molar-refractivity contribution in [3.05, 3.63) is 192 Å². The lowest BCUT2D eigenvalue weighted by Gasteiger charge is -2.30. The van der Waals surface area contributed by atoms with Gasteiger partial charge < -0.3 is 5.32 Å². The number of benzene rings is 8. The van der Waals surface area contributed by atoms with Gasteiger partial charge in [-0.15, -0.1) is 11.3 Å². The highest BCUT2D eigenvalue weighted by molar-refractivity contribution is 7.27. The average Bonchev–Trinajstić information content (AvgIpc) is 3.81. The van der Waals surface area contributed by atoms with Crippen molar-refractivity contribution in [1.29, 1.82) is 0 Å². The third kappa shape index (κ3) is 3.54. The molecule has 49 heavy (non-hydrogen) atoms. The maximum Gasteiger partial charge on any atom is 0.0726 e. The Bertz CT molecular complexity index is 2760. The lowest BCUT2D eigenvalue weighted by molar-refractivity contribution is 0.794. The first kappa shape index (κ1) is 27.0. The summed E-state index contributed by atoms with van der Waals surface area (Å²) in [6.07, 6.45) is 0. The van der Waals surface area contributed by atoms with Crippen LogP contribution in [0.1, 0.15) is 22.3 Å². The fraction of sp³-hybridized carbons (Fsp3) is 0.0213. The summed E-state index contributed by atoms with van der Waals surface area (Å²) in [6, 6.07) is 62.7. The molecule has 0 aliphatic heterocycles. The Morgan fingerprint density at radius 2 is 0.980 bits per heavy atom. The van der Waals surface area contributed by atoms with Crippen LogP contribution in [0, 0.1) is 0 Å². The highest BCUT2D eigenvalue weighted by Crippen LogP contribution is 2.64. The third-order valence-corrected chi connectivity index (χ3v) is 12.1. The Balaban J connectivity index is 1.16. The van der Waals surface area contributed by atoms with Crippen molar-refractivity contribution in [2.45, 2.75) is 5.41 Å². The molecule has 0 radical (unpaired) electrons. The Hall–Kier alpha value is -5.96. The molecule has 1 aromatic heterocycles. The molecule has 0 saturated heterocycles. The van der Waals surface area contributed by atoms with Gasteiger partial charge in [0.05, 0.1) is 15.8 Å². The van der Waals surface area contributed by atoms with Crippen LogP contribution in [0.4, 0.5) is 11.4 Å². The second-order valence-corrected chi connectivity index (χ2v) is 14.3. The monoisotopic (exact) mass is 639 g/mol. The number of nitrogens with one attached hydrogen (secondary N) is 1. The molecule has 228 valence electrons. The third-order valence-electron chi connectivity index (χ3n) is 10.9. The molecule has 0 amide bonds. The molecule has 1 nitrogen and oxygen atoms in total. The minimum Gasteiger partial charge on any atom is -0.354 e. The van der Waals surface area contributed by atoms with Crippen LogP contribution >= 0.6 is 11.3 Å². The van der Waals surface area contributed by atoms with E-state index in [1.54, 1.807) is 0 Å². The molecule has 2 heteroatoms. The molecule has 8 aromatic carbocycles. The van der Waals surface area contributed by atoms with Gasteiger partial charge >= 0.3 is 0 Å². The summed E-state index contributed by atoms with van der Waals surface area (Å²) in [4.78, 5) is 0. The summed E-state index contributed by atoms with van der Waals surface area (Å²) in [5, 5.41) is 9.22. The van der Waals surface area contributed by atoms with Crippen LogP contribution < -0.4 is 5.32 Å². The summed E-state index contributed by atoms with van der Waals surface area (Å²) in [5.41, 5.74) is 15.1. The molecular formula is C47H29NS. The zero-order chi connectivity index (χ0) is 32.1. The smallest absolute Gasteiger partial charge is 0.0726 e. The molecular weight excluding hydrogens is 611 g/mol. The molecule has 0 unspecified atom stereocenters. The second kappa shape index (κ2) is 10.0. The zero-order valence-corrected chi connectivity index (χ0v) is 27.4. The van der Waals surface area contributed by atoms with Gasteiger partial charge in [-0.25, -0.2) is 0 Å². The second-order valence-electron chi connectivity index (χ2n) is 13.2. The van der Waals surface area contributed by atoms with Crippen molar-refractivity contribution in [3.63, 3.8) is 0 Å². The molecule has 1 spiro atoms. The van der Waals surface area contributed by atoms with Gasteiger partial charge in [-0.05, 0) is 73.5 Å². The Morgan fingerprint density at radius 1 is 0.408 bits per heavy atom. The van der Waals surface area contributed by atoms with Crippen LogP contribution in [0.2, 0.25) is 0 Å². The van der Waals surface area contributed by atoms with E-state index in [1.807, 2.05) is 11.3 Å². The Labute approximate surface area is 288 Å². The summed E-state index contributed by atoms with van der Waals surface area (Å²) < 4.78 is 2.61. The van der Waals surface area contributed by atoms with Gasteiger partial charge in [0.25, 0.3) is 0 Å². The zero-order valence-electron chi connectivity index (χ0n) is 26.6. The molecule has 0 saturated carbocycles. The standard InChI is InChI=1S/C47H29NS/c1-2-14-29(15-3-1)36-28-30-16-4-5-17-31(30)43-35-21-12-27-42(45(35)49-46(36)43)48-41-26-13-25-40-44(41)34-20-8-11-24-39(34)47(40)37-22-9-6-18-32(37)33-19-7-10-23-38(33)47/h1-28,48H. The van der Waals surface area contributed by atoms with E-state index < -0.39 is 0 Å². The molecule has 2 aliphatic carbocycles. The maximum absolute atomic E-state index is 4.02. The predicted molar refractivity (Wildman–Crippen MR) is 208 cm³/mol. The van der Waals surface area contributed by atoms with E-state index in [-0.39, 0.29) is 5.41 Å². The Kier molecular flexibility index (Phi) is 5.53. The normalized spacial score (nSPS) is 13.5. The van der Waals surface area contributed by atoms with Crippen molar-refractivity contribution in [2.75, 3.05) is 5.32 Å². The highest BCUT2D eigenvalue weighted by atomic mass is 32.1. The molecule has 2 aliphatic rings. The Morgan fingerprint density at radius 3 is 1.76 bits per heavy atom. The predicted octanol–water partition coefficient (Wildman–Crippen LogP) is 13.0. The first-order valence-electron chi connectivity index (χ1n) is 16.9. The van der Waals surface area contributed by atoms with Crippen LogP contribution in [0.25, 0.3) is 64.3 Å². The van der Waals surface area contributed by atoms with Gasteiger partial charge in [0.1, 0.15) is 0 Å². The van der Waals surface area contributed by atoms with E-state index in [9.17, 15) is 0 Å². The maximum atomic E-state index is 4.02. The summed E-state index contributed by atoms with van der Waals surface area (Å²) in [6.45, 7) is 0. The van der Waals surface area contributed by atoms with Crippen LogP contribution in [-0.2, 0) is 5.41 Å². The van der Waals surface area contributed by atoms with Crippen molar-refractivity contribution >= 4 is 53.7 Å². The van der Waals surface area contributed by atoms with Crippen LogP contribution in [0.5, 0.6) is 0 Å². The highest BCUT2D eigenvalue weighted by Gasteiger charge is 2.51. The topological polar surface area (TPSA) is 12.0 Å². The molecule has 0 bridgehead atoms. The van der Waals surface area contributed by atoms with Gasteiger partial charge in [0, 0.05) is 32.3 Å². The first-order valence-corrected chi connectivity index (χ1v) is 17.8. The number of thiophene rings is 1. The van der Waals surface area contributed by atoms with E-state index in [0.29, 0.717) is 0 Å². The average molecular weight is 640 g/mol. The van der Waals surface area contributed by atoms with Gasteiger partial charge in [0.2, 0.25) is 0 Å². The number of hydrogen-bond acceptors (Lipinski definition) is 2. The fourth-order valence-corrected chi connectivity index (χ4v) is 10.3. The molecule has 9 aromatic rings. The van der Waals surface area contributed by atoms with Gasteiger partial charge in [-0.2, -0.15) is 0 Å². The summed E-state index contributed by atoms with van der Waals surface area (Å²) in [5.74, 6) is 0. The van der Waals surface area contributed by atoms with E-state index >= 15 is 0 Å². The van der Waals surface area contributed by atoms with E-state index in [4.69, 9.17) is 0 Å². The SMILES string of the molecule is c1ccc(-c2cc3ccccc3c3c2sc2c(Nc4cccc5c4-c4ccccc4C54c5ccccc5-c5ccccc54)cccc23)cc1. The number of anilines is 2. The minimum atomic E-state index is -0.357. The van der Waals surface area contributed by atoms with E-state index in [2.05, 4.69) is 175 Å². The van der Waals surface area contributed by atoms with Crippen LogP contribution in [0.3, 0.4) is 0 Å². The summed E-state index contributed by atoms with van der Waals surface area (Å²) >= 11 is 1.90. The number of fused-ring (bicyclic) bond motifs is 15. The number of rotatable bonds is 3. The van der Waals surface area contributed by atoms with Crippen LogP contribution in [0.15, 0.2) is 170 Å². The lowest BCUT2D eigenvalue weighted by atomic mass is 9.70. The number of hydrogen-bond donors (Lipinski definition) is 1. The van der Waals surface area contributed by atoms with Gasteiger partial charge in [0.15, 0.2) is 0 Å². The molecule has 0 fully saturated rings. The van der Waals surface area contributed by atoms with Crippen molar-refractivity contribution < 1.29 is 0 Å². The summed E-state index contributed by atoms with van der Waals surface area (Å²) in [7, 11) is 0. The van der Waals surface area contributed by atoms with E-state index in [1.165, 1.54) is 86.6 Å². The van der Waals surface area contributed by atoms with E-state index in [0.717, 1.165) is 11.4 Å². The minimum absolute atomic E-state index is 0.357. The van der Waals surface area contributed by atoms with Crippen molar-refractivity contribution in [1.82, 2.24) is 0 Å². The van der Waals surface area contributed by atoms with Crippen LogP contribution in [-0.4, -0.2) is 0 Å². The van der Waals surface area contributed by atoms with Gasteiger partial charge in [-0.1, -0.05) is 152 Å².